The molecule has 0 amide bonds. The van der Waals surface area contributed by atoms with Gasteiger partial charge in [-0.05, 0) is 35.6 Å². The Balaban J connectivity index is 2.15. The van der Waals surface area contributed by atoms with Crippen LogP contribution in [0.15, 0.2) is 54.8 Å². The highest BCUT2D eigenvalue weighted by molar-refractivity contribution is 6.77. The van der Waals surface area contributed by atoms with Crippen LogP contribution in [0, 0.1) is 0 Å². The van der Waals surface area contributed by atoms with Gasteiger partial charge in [0.1, 0.15) is 0 Å². The fourth-order valence-corrected chi connectivity index (χ4v) is 2.02. The molecule has 0 unspecified atom stereocenters. The van der Waals surface area contributed by atoms with Gasteiger partial charge in [-0.25, -0.2) is 0 Å². The third-order valence-corrected chi connectivity index (χ3v) is 2.72. The summed E-state index contributed by atoms with van der Waals surface area (Å²) in [5.41, 5.74) is 2.71. The van der Waals surface area contributed by atoms with Crippen LogP contribution in [0.25, 0.3) is 6.08 Å². The molecule has 3 rings (SSSR count). The predicted molar refractivity (Wildman–Crippen MR) is 61.0 cm³/mol. The van der Waals surface area contributed by atoms with Gasteiger partial charge in [-0.15, -0.1) is 0 Å². The van der Waals surface area contributed by atoms with Gasteiger partial charge < -0.3 is 4.81 Å². The molecule has 0 saturated heterocycles. The molecule has 2 heterocycles. The quantitative estimate of drug-likeness (QED) is 0.549. The van der Waals surface area contributed by atoms with Gasteiger partial charge in [0.2, 0.25) is 0 Å². The Labute approximate surface area is 84.1 Å². The lowest BCUT2D eigenvalue weighted by Gasteiger charge is -2.29. The van der Waals surface area contributed by atoms with Crippen molar-refractivity contribution in [2.24, 2.45) is 0 Å². The van der Waals surface area contributed by atoms with Gasteiger partial charge in [-0.3, -0.25) is 0 Å². The molecule has 0 spiro atoms. The van der Waals surface area contributed by atoms with E-state index >= 15 is 0 Å². The Bertz CT molecular complexity index is 445. The highest BCUT2D eigenvalue weighted by Gasteiger charge is 2.24. The fraction of sp³-hybridized carbons (Fsp3) is 0. The van der Waals surface area contributed by atoms with E-state index in [1.807, 2.05) is 0 Å². The molecule has 0 fully saturated rings. The van der Waals surface area contributed by atoms with Crippen LogP contribution >= 0.6 is 0 Å². The minimum absolute atomic E-state index is 0.390. The number of hydrogen-bond acceptors (Lipinski definition) is 1. The summed E-state index contributed by atoms with van der Waals surface area (Å²) in [5, 5.41) is 0. The predicted octanol–water partition coefficient (Wildman–Crippen LogP) is 1.79. The summed E-state index contributed by atoms with van der Waals surface area (Å²) in [6.45, 7) is 0.390. The maximum atomic E-state index is 2.22. The summed E-state index contributed by atoms with van der Waals surface area (Å²) in [4.78, 5) is 2.22. The number of rotatable bonds is 0. The Morgan fingerprint density at radius 2 is 1.93 bits per heavy atom. The van der Waals surface area contributed by atoms with E-state index in [1.54, 1.807) is 0 Å². The number of nitrogens with zero attached hydrogens (tertiary/aromatic N) is 1. The average Bonchev–Trinajstić information content (AvgIpc) is 2.29. The molecule has 0 saturated carbocycles. The molecule has 0 aromatic heterocycles. The molecule has 66 valence electrons. The van der Waals surface area contributed by atoms with E-state index in [1.165, 1.54) is 11.0 Å². The second-order valence-corrected chi connectivity index (χ2v) is 3.56. The molecule has 0 bridgehead atoms. The number of hydrogen-bond donors (Lipinski definition) is 0. The standard InChI is InChI=1S/C12H10BN/c1-2-6-12-11(5-1)7-10-14-9-4-3-8-13(12)14/h1-10H. The number of benzene rings is 1. The summed E-state index contributed by atoms with van der Waals surface area (Å²) in [5.74, 6) is 2.22. The number of allylic oxidation sites excluding steroid dienone is 2. The zero-order chi connectivity index (χ0) is 9.38. The van der Waals surface area contributed by atoms with E-state index in [0.29, 0.717) is 6.85 Å². The lowest BCUT2D eigenvalue weighted by Crippen LogP contribution is -2.45. The highest BCUT2D eigenvalue weighted by atomic mass is 15.0. The second kappa shape index (κ2) is 2.91. The molecule has 1 aromatic rings. The summed E-state index contributed by atoms with van der Waals surface area (Å²) >= 11 is 0. The van der Waals surface area contributed by atoms with Crippen molar-refractivity contribution in [2.75, 3.05) is 0 Å². The van der Waals surface area contributed by atoms with Crippen LogP contribution in [0.2, 0.25) is 0 Å². The molecule has 2 aliphatic rings. The molecule has 0 atom stereocenters. The van der Waals surface area contributed by atoms with Crippen molar-refractivity contribution >= 4 is 18.4 Å². The largest absolute Gasteiger partial charge is 0.390 e. The summed E-state index contributed by atoms with van der Waals surface area (Å²) in [7, 11) is 0. The first kappa shape index (κ1) is 7.68. The van der Waals surface area contributed by atoms with Gasteiger partial charge >= 0.3 is 6.85 Å². The highest BCUT2D eigenvalue weighted by Crippen LogP contribution is 2.15. The van der Waals surface area contributed by atoms with E-state index in [2.05, 4.69) is 65.7 Å². The van der Waals surface area contributed by atoms with E-state index in [9.17, 15) is 0 Å². The van der Waals surface area contributed by atoms with Gasteiger partial charge in [-0.1, -0.05) is 36.3 Å². The zero-order valence-electron chi connectivity index (χ0n) is 7.80. The van der Waals surface area contributed by atoms with Gasteiger partial charge in [0.05, 0.1) is 0 Å². The van der Waals surface area contributed by atoms with Crippen LogP contribution in [0.5, 0.6) is 0 Å². The van der Waals surface area contributed by atoms with Gasteiger partial charge in [0.25, 0.3) is 0 Å². The number of fused-ring (bicyclic) bond motifs is 3. The van der Waals surface area contributed by atoms with Gasteiger partial charge in [0, 0.05) is 0 Å². The van der Waals surface area contributed by atoms with Crippen molar-refractivity contribution < 1.29 is 0 Å². The first-order valence-electron chi connectivity index (χ1n) is 4.85. The van der Waals surface area contributed by atoms with Crippen molar-refractivity contribution in [3.05, 3.63) is 60.4 Å². The lowest BCUT2D eigenvalue weighted by atomic mass is 9.51. The first-order valence-corrected chi connectivity index (χ1v) is 4.85. The Kier molecular flexibility index (Phi) is 1.60. The summed E-state index contributed by atoms with van der Waals surface area (Å²) in [6, 6.07) is 8.54. The molecule has 2 heteroatoms. The average molecular weight is 179 g/mol. The van der Waals surface area contributed by atoms with Crippen molar-refractivity contribution in [3.63, 3.8) is 0 Å². The summed E-state index contributed by atoms with van der Waals surface area (Å²) in [6.07, 6.45) is 10.6. The van der Waals surface area contributed by atoms with E-state index in [4.69, 9.17) is 0 Å². The van der Waals surface area contributed by atoms with Crippen LogP contribution in [0.4, 0.5) is 0 Å². The fourth-order valence-electron chi connectivity index (χ4n) is 2.02. The van der Waals surface area contributed by atoms with E-state index in [0.717, 1.165) is 0 Å². The van der Waals surface area contributed by atoms with E-state index < -0.39 is 0 Å². The molecular formula is C12H10BN. The van der Waals surface area contributed by atoms with Crippen molar-refractivity contribution in [3.8, 4) is 0 Å². The molecule has 14 heavy (non-hydrogen) atoms. The summed E-state index contributed by atoms with van der Waals surface area (Å²) < 4.78 is 0. The Morgan fingerprint density at radius 1 is 1.00 bits per heavy atom. The topological polar surface area (TPSA) is 3.24 Å². The molecule has 0 N–H and O–H groups in total. The van der Waals surface area contributed by atoms with Crippen LogP contribution in [-0.2, 0) is 0 Å². The maximum Gasteiger partial charge on any atom is 0.320 e. The Morgan fingerprint density at radius 3 is 2.93 bits per heavy atom. The molecular weight excluding hydrogens is 169 g/mol. The smallest absolute Gasteiger partial charge is 0.320 e. The van der Waals surface area contributed by atoms with Crippen molar-refractivity contribution in [2.45, 2.75) is 0 Å². The monoisotopic (exact) mass is 179 g/mol. The van der Waals surface area contributed by atoms with Crippen LogP contribution in [0.1, 0.15) is 5.56 Å². The molecule has 0 radical (unpaired) electrons. The SMILES string of the molecule is C1=CB2c3ccccc3C=CN2C=C1. The molecule has 1 nitrogen and oxygen atoms in total. The van der Waals surface area contributed by atoms with Gasteiger partial charge in [0.15, 0.2) is 0 Å². The van der Waals surface area contributed by atoms with E-state index in [-0.39, 0.29) is 0 Å². The van der Waals surface area contributed by atoms with Crippen LogP contribution in [-0.4, -0.2) is 11.7 Å². The van der Waals surface area contributed by atoms with Crippen molar-refractivity contribution in [1.82, 2.24) is 4.81 Å². The minimum atomic E-state index is 0.390. The normalized spacial score (nSPS) is 16.9. The molecule has 1 aromatic carbocycles. The third kappa shape index (κ3) is 1.04. The lowest BCUT2D eigenvalue weighted by molar-refractivity contribution is 0.797. The second-order valence-electron chi connectivity index (χ2n) is 3.56. The first-order chi connectivity index (χ1) is 6.95. The molecule has 2 aliphatic heterocycles. The van der Waals surface area contributed by atoms with Crippen LogP contribution in [0.3, 0.4) is 0 Å². The Hall–Kier alpha value is -1.70. The van der Waals surface area contributed by atoms with Crippen molar-refractivity contribution in [1.29, 1.82) is 0 Å². The minimum Gasteiger partial charge on any atom is -0.390 e. The van der Waals surface area contributed by atoms with Gasteiger partial charge in [-0.2, -0.15) is 0 Å². The zero-order valence-corrected chi connectivity index (χ0v) is 7.80. The van der Waals surface area contributed by atoms with Crippen LogP contribution < -0.4 is 5.46 Å². The molecule has 0 aliphatic carbocycles. The maximum absolute atomic E-state index is 2.22. The third-order valence-electron chi connectivity index (χ3n) is 2.72.